The molecule has 26 heavy (non-hydrogen) atoms. The predicted molar refractivity (Wildman–Crippen MR) is 105 cm³/mol. The van der Waals surface area contributed by atoms with Crippen LogP contribution in [0.3, 0.4) is 0 Å². The van der Waals surface area contributed by atoms with E-state index in [1.807, 2.05) is 12.1 Å². The number of hydrogen-bond acceptors (Lipinski definition) is 0. The molecule has 0 fully saturated rings. The molecule has 2 heterocycles. The summed E-state index contributed by atoms with van der Waals surface area (Å²) in [5.41, 5.74) is 3.29. The second-order valence-corrected chi connectivity index (χ2v) is 6.27. The van der Waals surface area contributed by atoms with Crippen LogP contribution in [-0.2, 0) is 13.1 Å². The Balaban J connectivity index is 1.98. The van der Waals surface area contributed by atoms with Gasteiger partial charge in [0.2, 0.25) is 5.52 Å². The molecule has 2 nitrogen and oxygen atoms in total. The van der Waals surface area contributed by atoms with Crippen molar-refractivity contribution in [1.29, 1.82) is 0 Å². The van der Waals surface area contributed by atoms with Gasteiger partial charge in [-0.2, -0.15) is 9.13 Å². The van der Waals surface area contributed by atoms with E-state index in [9.17, 15) is 0 Å². The van der Waals surface area contributed by atoms with Gasteiger partial charge in [0.05, 0.1) is 0 Å². The van der Waals surface area contributed by atoms with E-state index >= 15 is 0 Å². The molecule has 0 aliphatic heterocycles. The zero-order chi connectivity index (χ0) is 18.2. The molecule has 0 amide bonds. The normalized spacial score (nSPS) is 10.2. The second kappa shape index (κ2) is 8.84. The van der Waals surface area contributed by atoms with Crippen molar-refractivity contribution in [2.75, 3.05) is 0 Å². The highest BCUT2D eigenvalue weighted by Crippen LogP contribution is 2.10. The first-order valence-electron chi connectivity index (χ1n) is 9.19. The summed E-state index contributed by atoms with van der Waals surface area (Å²) in [7, 11) is 0. The highest BCUT2D eigenvalue weighted by atomic mass is 15.0. The fraction of sp³-hybridized carbons (Fsp3) is 0.250. The number of fused-ring (bicyclic) bond motifs is 1. The molecule has 3 rings (SSSR count). The monoisotopic (exact) mass is 340 g/mol. The van der Waals surface area contributed by atoms with Gasteiger partial charge in [0.25, 0.3) is 11.4 Å². The molecule has 0 aliphatic carbocycles. The van der Waals surface area contributed by atoms with E-state index in [1.165, 1.54) is 10.9 Å². The maximum atomic E-state index is 5.37. The minimum atomic E-state index is 0.788. The van der Waals surface area contributed by atoms with Crippen molar-refractivity contribution in [2.45, 2.75) is 39.3 Å². The summed E-state index contributed by atoms with van der Waals surface area (Å²) in [5.74, 6) is 9.45. The highest BCUT2D eigenvalue weighted by Gasteiger charge is 2.13. The molecule has 3 aromatic rings. The average Bonchev–Trinajstić information content (AvgIpc) is 2.68. The maximum absolute atomic E-state index is 5.37. The highest BCUT2D eigenvalue weighted by molar-refractivity contribution is 5.75. The summed E-state index contributed by atoms with van der Waals surface area (Å²) >= 11 is 0. The van der Waals surface area contributed by atoms with Crippen molar-refractivity contribution in [1.82, 2.24) is 0 Å². The first-order chi connectivity index (χ1) is 12.8. The fourth-order valence-electron chi connectivity index (χ4n) is 3.10. The lowest BCUT2D eigenvalue weighted by molar-refractivity contribution is -0.699. The number of para-hydroxylation sites is 1. The van der Waals surface area contributed by atoms with E-state index in [4.69, 9.17) is 6.42 Å². The molecule has 2 aromatic heterocycles. The third-order valence-electron chi connectivity index (χ3n) is 4.37. The molecule has 0 aliphatic rings. The van der Waals surface area contributed by atoms with Crippen LogP contribution in [0.25, 0.3) is 10.9 Å². The minimum absolute atomic E-state index is 0.788. The number of pyridine rings is 2. The number of terminal acetylenes is 1. The zero-order valence-electron chi connectivity index (χ0n) is 15.3. The molecule has 0 bridgehead atoms. The van der Waals surface area contributed by atoms with Crippen LogP contribution in [-0.4, -0.2) is 0 Å². The van der Waals surface area contributed by atoms with Gasteiger partial charge in [0.15, 0.2) is 12.7 Å². The Morgan fingerprint density at radius 1 is 0.885 bits per heavy atom. The van der Waals surface area contributed by atoms with Crippen LogP contribution in [0.15, 0.2) is 60.8 Å². The topological polar surface area (TPSA) is 7.76 Å². The van der Waals surface area contributed by atoms with Crippen LogP contribution in [0.2, 0.25) is 0 Å². The van der Waals surface area contributed by atoms with E-state index in [-0.39, 0.29) is 0 Å². The van der Waals surface area contributed by atoms with Gasteiger partial charge in [0.1, 0.15) is 6.54 Å². The number of benzene rings is 1. The van der Waals surface area contributed by atoms with Crippen LogP contribution in [0.1, 0.15) is 37.6 Å². The molecule has 0 saturated heterocycles. The van der Waals surface area contributed by atoms with Gasteiger partial charge in [-0.1, -0.05) is 19.1 Å². The van der Waals surface area contributed by atoms with E-state index in [2.05, 4.69) is 82.5 Å². The van der Waals surface area contributed by atoms with Crippen molar-refractivity contribution in [2.24, 2.45) is 0 Å². The molecule has 1 aromatic carbocycles. The largest absolute Gasteiger partial charge is 0.257 e. The Hall–Kier alpha value is -3.10. The summed E-state index contributed by atoms with van der Waals surface area (Å²) in [6.07, 6.45) is 10.3. The van der Waals surface area contributed by atoms with E-state index in [0.717, 1.165) is 43.7 Å². The molecule has 0 radical (unpaired) electrons. The van der Waals surface area contributed by atoms with Gasteiger partial charge >= 0.3 is 0 Å². The quantitative estimate of drug-likeness (QED) is 0.381. The Morgan fingerprint density at radius 3 is 2.54 bits per heavy atom. The van der Waals surface area contributed by atoms with Crippen LogP contribution in [0.4, 0.5) is 0 Å². The lowest BCUT2D eigenvalue weighted by atomic mass is 10.1. The second-order valence-electron chi connectivity index (χ2n) is 6.27. The molecular formula is C24H24N2+2. The molecule has 0 saturated carbocycles. The molecule has 0 unspecified atom stereocenters. The Kier molecular flexibility index (Phi) is 6.02. The first kappa shape index (κ1) is 17.7. The Bertz CT molecular complexity index is 1000. The predicted octanol–water partition coefficient (Wildman–Crippen LogP) is 3.64. The zero-order valence-corrected chi connectivity index (χ0v) is 15.3. The lowest BCUT2D eigenvalue weighted by Crippen LogP contribution is -2.38. The van der Waals surface area contributed by atoms with Gasteiger partial charge < -0.3 is 0 Å². The fourth-order valence-corrected chi connectivity index (χ4v) is 3.10. The Labute approximate surface area is 156 Å². The van der Waals surface area contributed by atoms with Crippen molar-refractivity contribution in [3.8, 4) is 24.2 Å². The van der Waals surface area contributed by atoms with Crippen molar-refractivity contribution in [3.05, 3.63) is 72.2 Å². The Morgan fingerprint density at radius 2 is 1.69 bits per heavy atom. The lowest BCUT2D eigenvalue weighted by Gasteiger charge is -2.02. The van der Waals surface area contributed by atoms with Gasteiger partial charge in [0, 0.05) is 60.8 Å². The number of aryl methyl sites for hydroxylation is 2. The van der Waals surface area contributed by atoms with E-state index < -0.39 is 0 Å². The number of aromatic nitrogens is 2. The van der Waals surface area contributed by atoms with Gasteiger partial charge in [-0.15, -0.1) is 12.3 Å². The molecular weight excluding hydrogens is 316 g/mol. The number of unbranched alkanes of at least 4 members (excludes halogenated alkanes) is 1. The standard InChI is InChI=1S/C24H24N2/c1-3-5-9-19-25-20-10-8-12-22(25)16-17-23-15-14-21-11-6-7-13-24(21)26(23)18-4-2/h1,6-8,10-15,20H,4-5,9,18-19H2,2H3/q+2. The van der Waals surface area contributed by atoms with E-state index in [0.29, 0.717) is 0 Å². The van der Waals surface area contributed by atoms with Gasteiger partial charge in [-0.3, -0.25) is 0 Å². The number of rotatable bonds is 5. The van der Waals surface area contributed by atoms with Gasteiger partial charge in [-0.25, -0.2) is 0 Å². The van der Waals surface area contributed by atoms with Crippen molar-refractivity contribution < 1.29 is 9.13 Å². The molecule has 0 atom stereocenters. The van der Waals surface area contributed by atoms with Crippen LogP contribution < -0.4 is 9.13 Å². The molecule has 0 spiro atoms. The summed E-state index contributed by atoms with van der Waals surface area (Å²) in [5, 5.41) is 1.25. The summed E-state index contributed by atoms with van der Waals surface area (Å²) in [6, 6.07) is 18.9. The average molecular weight is 340 g/mol. The van der Waals surface area contributed by atoms with Crippen LogP contribution in [0, 0.1) is 24.2 Å². The van der Waals surface area contributed by atoms with Crippen LogP contribution >= 0.6 is 0 Å². The third kappa shape index (κ3) is 4.11. The third-order valence-corrected chi connectivity index (χ3v) is 4.37. The SMILES string of the molecule is C#CCCC[n+]1ccccc1C#Cc1ccc2ccccc2[n+]1CCC. The van der Waals surface area contributed by atoms with Crippen molar-refractivity contribution >= 4 is 10.9 Å². The number of nitrogens with zero attached hydrogens (tertiary/aromatic N) is 2. The maximum Gasteiger partial charge on any atom is 0.257 e. The summed E-state index contributed by atoms with van der Waals surface area (Å²) in [6.45, 7) is 4.05. The first-order valence-corrected chi connectivity index (χ1v) is 9.19. The molecule has 128 valence electrons. The molecule has 2 heteroatoms. The summed E-state index contributed by atoms with van der Waals surface area (Å²) < 4.78 is 4.49. The smallest absolute Gasteiger partial charge is 0.191 e. The van der Waals surface area contributed by atoms with Crippen molar-refractivity contribution in [3.63, 3.8) is 0 Å². The molecule has 0 N–H and O–H groups in total. The van der Waals surface area contributed by atoms with Gasteiger partial charge in [-0.05, 0) is 18.2 Å². The number of hydrogen-bond donors (Lipinski definition) is 0. The minimum Gasteiger partial charge on any atom is -0.191 e. The van der Waals surface area contributed by atoms with Crippen LogP contribution in [0.5, 0.6) is 0 Å². The summed E-state index contributed by atoms with van der Waals surface area (Å²) in [4.78, 5) is 0. The van der Waals surface area contributed by atoms with E-state index in [1.54, 1.807) is 0 Å².